The molecule has 20 heteroatoms. The Hall–Kier alpha value is -4.16. The summed E-state index contributed by atoms with van der Waals surface area (Å²) in [6, 6.07) is 3.49. The second-order valence-corrected chi connectivity index (χ2v) is 11.8. The molecule has 1 aromatic carbocycles. The number of amides is 4. The lowest BCUT2D eigenvalue weighted by atomic mass is 10.1. The minimum atomic E-state index is -4.29. The molecule has 278 valence electrons. The van der Waals surface area contributed by atoms with Crippen LogP contribution in [-0.2, 0) is 44.1 Å². The summed E-state index contributed by atoms with van der Waals surface area (Å²) in [7, 11) is -0.939. The number of methoxy groups -OCH3 is 2. The summed E-state index contributed by atoms with van der Waals surface area (Å²) >= 11 is 0. The Morgan fingerprint density at radius 3 is 1.88 bits per heavy atom. The van der Waals surface area contributed by atoms with Crippen LogP contribution in [0.4, 0.5) is 19.2 Å². The van der Waals surface area contributed by atoms with Crippen LogP contribution in [0.25, 0.3) is 0 Å². The minimum Gasteiger partial charge on any atom is -0.755 e. The van der Waals surface area contributed by atoms with Crippen LogP contribution in [0, 0.1) is 13.8 Å². The van der Waals surface area contributed by atoms with Gasteiger partial charge in [0.1, 0.15) is 18.5 Å². The lowest BCUT2D eigenvalue weighted by Gasteiger charge is -2.19. The summed E-state index contributed by atoms with van der Waals surface area (Å²) in [5, 5.41) is 9.90. The lowest BCUT2D eigenvalue weighted by Crippen LogP contribution is -2.44. The summed E-state index contributed by atoms with van der Waals surface area (Å²) < 4.78 is 44.6. The summed E-state index contributed by atoms with van der Waals surface area (Å²) in [4.78, 5) is 70.4. The first kappa shape index (κ1) is 42.9. The standard InChI is InChI=1S/C29H48N5O14P/c1-20-15-22(19-45-28(38)30-12-8-6-7-9-14-34-48-49(40,41)44-5)16-21(2)25(20)47-24(35)11-10-13-31-29(39)46-23(17-32-26(36)42-3)18-33-27(37)43-4/h15-16,23,34H,6-14,17-19H2,1-5H3,(H,30,38)(H,31,39)(H,32,36)(H,33,37)(H,40,41)/p-1. The Morgan fingerprint density at radius 1 is 0.755 bits per heavy atom. The molecule has 0 spiro atoms. The van der Waals surface area contributed by atoms with Crippen LogP contribution in [0.3, 0.4) is 0 Å². The van der Waals surface area contributed by atoms with E-state index in [9.17, 15) is 33.4 Å². The van der Waals surface area contributed by atoms with Crippen molar-refractivity contribution in [1.82, 2.24) is 26.7 Å². The Morgan fingerprint density at radius 2 is 1.31 bits per heavy atom. The summed E-state index contributed by atoms with van der Waals surface area (Å²) in [6.07, 6.45) is -0.611. The van der Waals surface area contributed by atoms with Crippen molar-refractivity contribution in [2.24, 2.45) is 0 Å². The van der Waals surface area contributed by atoms with Gasteiger partial charge in [0.25, 0.3) is 7.82 Å². The van der Waals surface area contributed by atoms with Gasteiger partial charge < -0.3 is 54.4 Å². The van der Waals surface area contributed by atoms with Crippen molar-refractivity contribution in [3.05, 3.63) is 28.8 Å². The number of rotatable bonds is 22. The zero-order valence-corrected chi connectivity index (χ0v) is 29.3. The van der Waals surface area contributed by atoms with Crippen LogP contribution in [0.5, 0.6) is 5.75 Å². The highest BCUT2D eigenvalue weighted by Crippen LogP contribution is 2.34. The molecule has 1 atom stereocenters. The van der Waals surface area contributed by atoms with Crippen molar-refractivity contribution >= 4 is 38.2 Å². The molecule has 49 heavy (non-hydrogen) atoms. The van der Waals surface area contributed by atoms with Gasteiger partial charge in [-0.05, 0) is 61.9 Å². The quantitative estimate of drug-likeness (QED) is 0.0288. The largest absolute Gasteiger partial charge is 0.755 e. The molecule has 4 amide bonds. The van der Waals surface area contributed by atoms with Gasteiger partial charge in [0, 0.05) is 33.2 Å². The van der Waals surface area contributed by atoms with Crippen LogP contribution in [-0.4, -0.2) is 90.5 Å². The molecule has 5 N–H and O–H groups in total. The highest BCUT2D eigenvalue weighted by Gasteiger charge is 2.18. The number of ether oxygens (including phenoxy) is 5. The summed E-state index contributed by atoms with van der Waals surface area (Å²) in [6.45, 7) is 4.09. The lowest BCUT2D eigenvalue weighted by molar-refractivity contribution is -0.228. The van der Waals surface area contributed by atoms with E-state index in [1.807, 2.05) is 0 Å². The first-order valence-electron chi connectivity index (χ1n) is 15.4. The molecule has 1 unspecified atom stereocenters. The second kappa shape index (κ2) is 24.0. The molecule has 0 bridgehead atoms. The van der Waals surface area contributed by atoms with E-state index in [4.69, 9.17) is 14.2 Å². The van der Waals surface area contributed by atoms with Gasteiger partial charge in [-0.15, -0.1) is 0 Å². The number of hydrogen-bond donors (Lipinski definition) is 5. The molecule has 0 aliphatic rings. The molecule has 0 aromatic heterocycles. The van der Waals surface area contributed by atoms with Crippen LogP contribution in [0.2, 0.25) is 0 Å². The number of esters is 1. The molecule has 1 rings (SSSR count). The number of phosphoric acid groups is 1. The van der Waals surface area contributed by atoms with Gasteiger partial charge in [-0.25, -0.2) is 23.8 Å². The molecule has 0 aliphatic heterocycles. The maximum Gasteiger partial charge on any atom is 0.407 e. The monoisotopic (exact) mass is 720 g/mol. The van der Waals surface area contributed by atoms with Crippen LogP contribution >= 0.6 is 7.82 Å². The van der Waals surface area contributed by atoms with Gasteiger partial charge in [0.15, 0.2) is 0 Å². The number of benzene rings is 1. The SMILES string of the molecule is COC(=O)NCC(CNC(=O)OC)OC(=O)NCCCC(=O)Oc1c(C)cc(COC(=O)NCCCCCCNOP(=O)([O-])OC)cc1C. The van der Waals surface area contributed by atoms with Crippen molar-refractivity contribution < 1.29 is 66.3 Å². The molecule has 0 radical (unpaired) electrons. The fraction of sp³-hybridized carbons (Fsp3) is 0.621. The summed E-state index contributed by atoms with van der Waals surface area (Å²) in [5.41, 5.74) is 4.36. The molecular weight excluding hydrogens is 673 g/mol. The third-order valence-corrected chi connectivity index (χ3v) is 7.20. The van der Waals surface area contributed by atoms with E-state index in [1.165, 1.54) is 14.2 Å². The van der Waals surface area contributed by atoms with Gasteiger partial charge >= 0.3 is 30.3 Å². The highest BCUT2D eigenvalue weighted by molar-refractivity contribution is 7.45. The molecule has 0 fully saturated rings. The highest BCUT2D eigenvalue weighted by atomic mass is 31.2. The predicted molar refractivity (Wildman–Crippen MR) is 170 cm³/mol. The summed E-state index contributed by atoms with van der Waals surface area (Å²) in [5.74, 6) is -0.136. The van der Waals surface area contributed by atoms with Crippen molar-refractivity contribution in [2.45, 2.75) is 65.1 Å². The molecule has 0 aliphatic carbocycles. The van der Waals surface area contributed by atoms with E-state index < -0.39 is 44.3 Å². The average molecular weight is 721 g/mol. The number of carbonyl (C=O) groups excluding carboxylic acids is 5. The van der Waals surface area contributed by atoms with E-state index in [2.05, 4.69) is 45.4 Å². The second-order valence-electron chi connectivity index (χ2n) is 10.4. The van der Waals surface area contributed by atoms with Crippen molar-refractivity contribution in [2.75, 3.05) is 54.1 Å². The zero-order valence-electron chi connectivity index (χ0n) is 28.4. The van der Waals surface area contributed by atoms with E-state index in [1.54, 1.807) is 26.0 Å². The van der Waals surface area contributed by atoms with E-state index in [-0.39, 0.29) is 39.1 Å². The van der Waals surface area contributed by atoms with Crippen molar-refractivity contribution in [1.29, 1.82) is 0 Å². The number of nitrogens with one attached hydrogen (secondary N) is 5. The molecule has 0 saturated heterocycles. The maximum absolute atomic E-state index is 12.5. The number of aryl methyl sites for hydroxylation is 2. The van der Waals surface area contributed by atoms with Crippen molar-refractivity contribution in [3.8, 4) is 5.75 Å². The third-order valence-electron chi connectivity index (χ3n) is 6.40. The van der Waals surface area contributed by atoms with Crippen LogP contribution in [0.15, 0.2) is 12.1 Å². The Balaban J connectivity index is 2.35. The Labute approximate surface area is 284 Å². The van der Waals surface area contributed by atoms with Gasteiger partial charge in [-0.2, -0.15) is 5.48 Å². The van der Waals surface area contributed by atoms with E-state index in [0.717, 1.165) is 20.0 Å². The average Bonchev–Trinajstić information content (AvgIpc) is 3.07. The number of alkyl carbamates (subject to hydrolysis) is 4. The molecule has 0 saturated carbocycles. The zero-order chi connectivity index (χ0) is 36.7. The van der Waals surface area contributed by atoms with Gasteiger partial charge in [0.05, 0.1) is 27.3 Å². The van der Waals surface area contributed by atoms with E-state index >= 15 is 0 Å². The Kier molecular flexibility index (Phi) is 21.0. The molecule has 0 heterocycles. The first-order valence-corrected chi connectivity index (χ1v) is 16.8. The van der Waals surface area contributed by atoms with Crippen LogP contribution < -0.4 is 36.4 Å². The number of unbranched alkanes of at least 4 members (excludes halogenated alkanes) is 3. The number of carbonyl (C=O) groups is 5. The first-order chi connectivity index (χ1) is 23.3. The third kappa shape index (κ3) is 20.1. The maximum atomic E-state index is 12.5. The number of hydrogen-bond acceptors (Lipinski definition) is 15. The molecular formula is C29H47N5O14P-. The van der Waals surface area contributed by atoms with Gasteiger partial charge in [-0.3, -0.25) is 9.36 Å². The Bertz CT molecular complexity index is 1220. The van der Waals surface area contributed by atoms with Gasteiger partial charge in [0.2, 0.25) is 0 Å². The molecule has 19 nitrogen and oxygen atoms in total. The predicted octanol–water partition coefficient (Wildman–Crippen LogP) is 2.22. The van der Waals surface area contributed by atoms with Gasteiger partial charge in [-0.1, -0.05) is 12.8 Å². The fourth-order valence-corrected chi connectivity index (χ4v) is 4.31. The number of hydroxylamine groups is 1. The number of phosphoric ester groups is 1. The van der Waals surface area contributed by atoms with E-state index in [0.29, 0.717) is 48.4 Å². The smallest absolute Gasteiger partial charge is 0.407 e. The topological polar surface area (TPSA) is 250 Å². The minimum absolute atomic E-state index is 0.00822. The van der Waals surface area contributed by atoms with Crippen LogP contribution in [0.1, 0.15) is 55.2 Å². The fourth-order valence-electron chi connectivity index (χ4n) is 3.99. The molecule has 1 aromatic rings. The van der Waals surface area contributed by atoms with Crippen molar-refractivity contribution in [3.63, 3.8) is 0 Å². The normalized spacial score (nSPS) is 11.9.